The molecule has 2 aliphatic rings. The van der Waals surface area contributed by atoms with Crippen molar-refractivity contribution in [1.82, 2.24) is 19.1 Å². The van der Waals surface area contributed by atoms with E-state index in [1.54, 1.807) is 25.1 Å². The largest absolute Gasteiger partial charge is 0.790 e. The van der Waals surface area contributed by atoms with E-state index >= 15 is 0 Å². The Hall–Kier alpha value is -3.83. The smallest absolute Gasteiger partial charge is 0.490 e. The number of nitrogens with one attached hydrogen (secondary N) is 2. The predicted molar refractivity (Wildman–Crippen MR) is 263 cm³/mol. The Morgan fingerprint density at radius 3 is 1.39 bits per heavy atom. The molecule has 0 radical (unpaired) electrons. The van der Waals surface area contributed by atoms with E-state index < -0.39 is 120 Å². The number of aryl methyl sites for hydroxylation is 2. The number of phosphoric acid groups is 5. The van der Waals surface area contributed by atoms with Gasteiger partial charge in [-0.3, -0.25) is 66.9 Å². The molecule has 448 valence electrons. The number of aliphatic hydroxyl groups is 1. The molecular formula is C34H42Cl3N6O31P6-3. The molecule has 2 aromatic heterocycles. The predicted octanol–water partition coefficient (Wildman–Crippen LogP) is 1.69. The Bertz CT molecular complexity index is 3350. The number of nitro benzene ring substituents is 2. The van der Waals surface area contributed by atoms with E-state index in [4.69, 9.17) is 33.6 Å². The Kier molecular flexibility index (Phi) is 26.1. The summed E-state index contributed by atoms with van der Waals surface area (Å²) in [6, 6.07) is 11.8. The maximum absolute atomic E-state index is 12.3. The molecule has 2 fully saturated rings. The van der Waals surface area contributed by atoms with Crippen LogP contribution in [-0.4, -0.2) is 96.2 Å². The molecule has 9 unspecified atom stereocenters. The van der Waals surface area contributed by atoms with Crippen LogP contribution in [0, 0.1) is 34.1 Å². The van der Waals surface area contributed by atoms with Crippen molar-refractivity contribution in [3.8, 4) is 0 Å². The number of para-hydroxylation sites is 2. The lowest BCUT2D eigenvalue weighted by atomic mass is 10.1. The van der Waals surface area contributed by atoms with Gasteiger partial charge in [0.2, 0.25) is 0 Å². The molecule has 0 aliphatic carbocycles. The zero-order valence-electron chi connectivity index (χ0n) is 40.0. The highest BCUT2D eigenvalue weighted by Gasteiger charge is 2.44. The first-order chi connectivity index (χ1) is 36.6. The third kappa shape index (κ3) is 24.9. The lowest BCUT2D eigenvalue weighted by Gasteiger charge is -2.32. The number of phosphoric ester groups is 1. The van der Waals surface area contributed by atoms with E-state index in [2.05, 4.69) is 61.1 Å². The van der Waals surface area contributed by atoms with Gasteiger partial charge in [-0.2, -0.15) is 8.62 Å². The maximum Gasteiger partial charge on any atom is 0.490 e. The number of aromatic amines is 2. The van der Waals surface area contributed by atoms with Crippen molar-refractivity contribution in [2.24, 2.45) is 0 Å². The van der Waals surface area contributed by atoms with Gasteiger partial charge in [-0.05, 0) is 59.7 Å². The van der Waals surface area contributed by atoms with Crippen LogP contribution in [-0.2, 0) is 77.0 Å². The number of halogens is 3. The number of ether oxygens (including phenoxy) is 4. The van der Waals surface area contributed by atoms with E-state index in [1.807, 2.05) is 0 Å². The van der Waals surface area contributed by atoms with Crippen LogP contribution in [0.3, 0.4) is 0 Å². The van der Waals surface area contributed by atoms with E-state index in [9.17, 15) is 96.4 Å². The molecule has 37 nitrogen and oxygen atoms in total. The molecule has 46 heteroatoms. The fraction of sp³-hybridized carbons (Fsp3) is 0.412. The number of benzene rings is 2. The van der Waals surface area contributed by atoms with Crippen LogP contribution in [0.4, 0.5) is 11.4 Å². The van der Waals surface area contributed by atoms with Crippen molar-refractivity contribution in [2.75, 3.05) is 13.2 Å². The molecule has 2 aliphatic heterocycles. The second kappa shape index (κ2) is 29.6. The number of rotatable bonds is 20. The van der Waals surface area contributed by atoms with E-state index in [1.165, 1.54) is 54.2 Å². The molecule has 0 saturated carbocycles. The van der Waals surface area contributed by atoms with Crippen molar-refractivity contribution in [3.05, 3.63) is 145 Å². The first-order valence-electron chi connectivity index (χ1n) is 21.1. The van der Waals surface area contributed by atoms with Crippen LogP contribution in [0.5, 0.6) is 0 Å². The van der Waals surface area contributed by atoms with Gasteiger partial charge in [0.25, 0.3) is 30.3 Å². The number of hydrogen-bond donors (Lipinski definition) is 8. The summed E-state index contributed by atoms with van der Waals surface area (Å²) in [6.45, 7) is 1.36. The highest BCUT2D eigenvalue weighted by Crippen LogP contribution is 2.66. The minimum Gasteiger partial charge on any atom is -0.790 e. The Morgan fingerprint density at radius 2 is 1.04 bits per heavy atom. The highest BCUT2D eigenvalue weighted by atomic mass is 36.0. The van der Waals surface area contributed by atoms with Crippen LogP contribution in [0.2, 0.25) is 0 Å². The molecule has 2 saturated heterocycles. The van der Waals surface area contributed by atoms with Crippen molar-refractivity contribution in [3.63, 3.8) is 0 Å². The Balaban J connectivity index is 0.000000351. The summed E-state index contributed by atoms with van der Waals surface area (Å²) in [6.07, 6.45) is -2.79. The molecule has 4 aromatic rings. The number of aromatic nitrogens is 4. The number of hydrogen-bond acceptors (Lipinski definition) is 26. The Morgan fingerprint density at radius 1 is 0.650 bits per heavy atom. The fourth-order valence-electron chi connectivity index (χ4n) is 6.62. The van der Waals surface area contributed by atoms with Crippen LogP contribution < -0.4 is 37.2 Å². The van der Waals surface area contributed by atoms with Crippen LogP contribution >= 0.6 is 78.0 Å². The van der Waals surface area contributed by atoms with Crippen molar-refractivity contribution in [1.29, 1.82) is 0 Å². The van der Waals surface area contributed by atoms with Gasteiger partial charge >= 0.3 is 40.0 Å². The van der Waals surface area contributed by atoms with Crippen molar-refractivity contribution in [2.45, 2.75) is 76.8 Å². The second-order valence-electron chi connectivity index (χ2n) is 15.6. The van der Waals surface area contributed by atoms with Gasteiger partial charge < -0.3 is 67.8 Å². The molecular weight excluding hydrogens is 1280 g/mol. The second-order valence-corrected chi connectivity index (χ2v) is 29.2. The maximum atomic E-state index is 12.3. The average Bonchev–Trinajstić information content (AvgIpc) is 3.90. The third-order valence-corrected chi connectivity index (χ3v) is 15.2. The lowest BCUT2D eigenvalue weighted by molar-refractivity contribution is -0.386. The number of nitrogens with zero attached hydrogens (tertiary/aromatic N) is 4. The van der Waals surface area contributed by atoms with Gasteiger partial charge in [0.05, 0.1) is 67.4 Å². The summed E-state index contributed by atoms with van der Waals surface area (Å²) in [5, 5.41) is 28.7. The molecule has 0 spiro atoms. The fourth-order valence-corrected chi connectivity index (χ4v) is 10.7. The third-order valence-electron chi connectivity index (χ3n) is 9.76. The van der Waals surface area contributed by atoms with Gasteiger partial charge in [-0.1, -0.05) is 24.3 Å². The summed E-state index contributed by atoms with van der Waals surface area (Å²) in [4.78, 5) is 145. The minimum absolute atomic E-state index is 0.0338. The molecule has 0 amide bonds. The lowest BCUT2D eigenvalue weighted by Crippen LogP contribution is -2.33. The van der Waals surface area contributed by atoms with Crippen molar-refractivity contribution >= 4 is 89.4 Å². The van der Waals surface area contributed by atoms with Crippen molar-refractivity contribution < 1.29 is 118 Å². The zero-order valence-corrected chi connectivity index (χ0v) is 47.6. The van der Waals surface area contributed by atoms with E-state index in [0.717, 1.165) is 4.57 Å². The number of H-pyrrole nitrogens is 2. The summed E-state index contributed by atoms with van der Waals surface area (Å²) >= 11 is 13.8. The van der Waals surface area contributed by atoms with Crippen LogP contribution in [0.25, 0.3) is 0 Å². The number of aliphatic hydroxyl groups excluding tert-OH is 1. The van der Waals surface area contributed by atoms with Crippen LogP contribution in [0.15, 0.2) is 80.1 Å². The highest BCUT2D eigenvalue weighted by molar-refractivity contribution is 8.24. The standard InChI is InChI=1S/C17H22N3O16P3.C17H19N3O7.Cl3OP.H4O7P2/c1-10-7-19(17(22)18-16(10)21)15-6-13(32-8-11-4-2-3-5-12(11)20(23)24)14(34-15)9-33-38(28,29)36-39(30,31)35-37(25,26)27;1-10-7-19(17(23)18-16(10)22)15-6-13(14(8-21)27-15)26-9-11-4-2-3-5-12(11)20(24)25;1-5(2,3)4;1-8(2,3)7-9(4,5)6/h2-5,7,13-15H,6,8-9H2,1H3,(H,28,29)(H,30,31)(H,18,21,22)(H2,25,26,27);2-5,7,13-15,21H,6,8-9H2,1H3,(H,18,22,23);;(H2,1,2,3)(H2,4,5,6)/p-3. The summed E-state index contributed by atoms with van der Waals surface area (Å²) < 4.78 is 102. The van der Waals surface area contributed by atoms with Gasteiger partial charge in [-0.25, -0.2) is 23.3 Å². The topological polar surface area (TPSA) is 563 Å². The normalized spacial score (nSPS) is 21.4. The number of nitro groups is 2. The van der Waals surface area contributed by atoms with Gasteiger partial charge in [0.15, 0.2) is 0 Å². The summed E-state index contributed by atoms with van der Waals surface area (Å²) in [5.41, 5.74) is -1.86. The van der Waals surface area contributed by atoms with Gasteiger partial charge in [-0.15, -0.1) is 0 Å². The van der Waals surface area contributed by atoms with Crippen LogP contribution in [0.1, 0.15) is 47.6 Å². The zero-order chi connectivity index (χ0) is 60.9. The first kappa shape index (κ1) is 70.4. The molecule has 0 bridgehead atoms. The molecule has 2 aromatic carbocycles. The Labute approximate surface area is 459 Å². The quantitative estimate of drug-likeness (QED) is 0.0354. The molecule has 4 heterocycles. The SMILES string of the molecule is Cc1cn(C2CC(OCc3ccccc3[N+](=O)[O-])C(CO)O2)c(=O)[nH]c1=O.Cc1cn(C2CC(OCc3ccccc3[N+](=O)[O-])C(COP(=O)(O)OP(=O)(O)OP(=O)(O)O)O2)c(=O)[nH]c1=O.O=P(Cl)(Cl)Cl.O=P([O-])([O-])OP(=O)([O-])O. The summed E-state index contributed by atoms with van der Waals surface area (Å²) in [7, 11) is -27.9. The first-order valence-corrected chi connectivity index (χ1v) is 33.0. The minimum atomic E-state index is -5.77. The molecule has 9 atom stereocenters. The molecule has 6 rings (SSSR count). The van der Waals surface area contributed by atoms with E-state index in [0.29, 0.717) is 11.1 Å². The average molecular weight is 1320 g/mol. The monoisotopic (exact) mass is 1320 g/mol. The van der Waals surface area contributed by atoms with Gasteiger partial charge in [0.1, 0.15) is 24.7 Å². The van der Waals surface area contributed by atoms with E-state index in [-0.39, 0.29) is 55.2 Å². The van der Waals surface area contributed by atoms with Gasteiger partial charge in [0, 0.05) is 48.5 Å². The molecule has 8 N–H and O–H groups in total. The summed E-state index contributed by atoms with van der Waals surface area (Å²) in [5.74, 6) is 0. The molecule has 80 heavy (non-hydrogen) atoms.